The first-order valence-electron chi connectivity index (χ1n) is 5.83. The van der Waals surface area contributed by atoms with E-state index in [2.05, 4.69) is 0 Å². The van der Waals surface area contributed by atoms with E-state index in [1.165, 1.54) is 6.92 Å². The minimum absolute atomic E-state index is 0.313. The van der Waals surface area contributed by atoms with E-state index in [0.29, 0.717) is 0 Å². The molecule has 0 aromatic carbocycles. The fourth-order valence-electron chi connectivity index (χ4n) is 1.99. The summed E-state index contributed by atoms with van der Waals surface area (Å²) in [5.74, 6) is 4.12. The van der Waals surface area contributed by atoms with Gasteiger partial charge in [0.25, 0.3) is 0 Å². The monoisotopic (exact) mass is 361 g/mol. The molecule has 8 unspecified atom stereocenters. The summed E-state index contributed by atoms with van der Waals surface area (Å²) in [4.78, 5) is 0. The van der Waals surface area contributed by atoms with E-state index in [4.69, 9.17) is 19.3 Å². The maximum atomic E-state index is 11.2. The molecule has 0 heterocycles. The van der Waals surface area contributed by atoms with Crippen LogP contribution in [0.25, 0.3) is 0 Å². The molecule has 9 heteroatoms. The molecule has 0 rings (SSSR count). The zero-order valence-corrected chi connectivity index (χ0v) is 13.9. The van der Waals surface area contributed by atoms with E-state index < -0.39 is 60.8 Å². The third-order valence-corrected chi connectivity index (χ3v) is 5.86. The zero-order chi connectivity index (χ0) is 17.4. The molecular weight excluding hydrogens is 348 g/mol. The molecular formula is C13H13O6S3-3. The normalized spacial score (nSPS) is 21.7. The van der Waals surface area contributed by atoms with Crippen LogP contribution < -0.4 is 0 Å². The third-order valence-electron chi connectivity index (χ3n) is 3.19. The molecule has 22 heavy (non-hydrogen) atoms. The Kier molecular flexibility index (Phi) is 9.47. The Labute approximate surface area is 137 Å². The molecule has 0 spiro atoms. The minimum Gasteiger partial charge on any atom is -0.771 e. The highest BCUT2D eigenvalue weighted by Crippen LogP contribution is 2.29. The maximum absolute atomic E-state index is 11.2. The van der Waals surface area contributed by atoms with Crippen molar-refractivity contribution in [2.45, 2.75) is 29.1 Å². The van der Waals surface area contributed by atoms with Gasteiger partial charge in [-0.25, -0.2) is 0 Å². The van der Waals surface area contributed by atoms with Gasteiger partial charge in [-0.2, -0.15) is 0 Å². The molecule has 6 nitrogen and oxygen atoms in total. The van der Waals surface area contributed by atoms with Gasteiger partial charge in [0.15, 0.2) is 0 Å². The molecule has 0 radical (unpaired) electrons. The Hall–Kier alpha value is -0.990. The lowest BCUT2D eigenvalue weighted by Gasteiger charge is -2.35. The average molecular weight is 361 g/mol. The van der Waals surface area contributed by atoms with Crippen molar-refractivity contribution < 1.29 is 26.3 Å². The molecule has 0 aromatic heterocycles. The lowest BCUT2D eigenvalue weighted by Crippen LogP contribution is -2.39. The second-order valence-corrected chi connectivity index (χ2v) is 7.52. The number of hydrogen-bond donors (Lipinski definition) is 0. The molecule has 0 bridgehead atoms. The summed E-state index contributed by atoms with van der Waals surface area (Å²) in [6.45, 7) is 1.39. The topological polar surface area (TPSA) is 120 Å². The van der Waals surface area contributed by atoms with Gasteiger partial charge in [0.1, 0.15) is 0 Å². The van der Waals surface area contributed by atoms with Crippen molar-refractivity contribution in [1.29, 1.82) is 0 Å². The first-order valence-corrected chi connectivity index (χ1v) is 9.25. The molecule has 0 aliphatic carbocycles. The van der Waals surface area contributed by atoms with E-state index in [9.17, 15) is 26.3 Å². The molecule has 0 aliphatic heterocycles. The molecule has 122 valence electrons. The maximum Gasteiger partial charge on any atom is 0.0853 e. The van der Waals surface area contributed by atoms with Crippen LogP contribution in [0, 0.1) is 48.9 Å². The summed E-state index contributed by atoms with van der Waals surface area (Å²) >= 11 is -8.08. The Morgan fingerprint density at radius 3 is 1.59 bits per heavy atom. The molecule has 0 aliphatic rings. The molecule has 0 saturated heterocycles. The quantitative estimate of drug-likeness (QED) is 0.415. The van der Waals surface area contributed by atoms with Crippen molar-refractivity contribution in [3.8, 4) is 37.0 Å². The first kappa shape index (κ1) is 21.0. The fourth-order valence-corrected chi connectivity index (χ4v) is 3.90. The van der Waals surface area contributed by atoms with Gasteiger partial charge in [-0.1, -0.05) is 24.7 Å². The Bertz CT molecular complexity index is 582. The van der Waals surface area contributed by atoms with Gasteiger partial charge in [0, 0.05) is 0 Å². The Morgan fingerprint density at radius 2 is 1.32 bits per heavy atom. The highest BCUT2D eigenvalue weighted by Gasteiger charge is 2.33. The van der Waals surface area contributed by atoms with Crippen molar-refractivity contribution in [2.75, 3.05) is 0 Å². The van der Waals surface area contributed by atoms with E-state index in [0.717, 1.165) is 0 Å². The van der Waals surface area contributed by atoms with Gasteiger partial charge in [-0.05, 0) is 51.5 Å². The summed E-state index contributed by atoms with van der Waals surface area (Å²) in [6.07, 6.45) is 15.1. The summed E-state index contributed by atoms with van der Waals surface area (Å²) in [5, 5.41) is -4.03. The van der Waals surface area contributed by atoms with E-state index in [1.54, 1.807) is 0 Å². The van der Waals surface area contributed by atoms with Crippen molar-refractivity contribution in [1.82, 2.24) is 0 Å². The first-order chi connectivity index (χ1) is 10.2. The summed E-state index contributed by atoms with van der Waals surface area (Å²) < 4.78 is 66.8. The van der Waals surface area contributed by atoms with Crippen LogP contribution in [0.15, 0.2) is 0 Å². The van der Waals surface area contributed by atoms with Gasteiger partial charge in [-0.15, -0.1) is 19.3 Å². The Balaban J connectivity index is 5.71. The van der Waals surface area contributed by atoms with Gasteiger partial charge in [0.2, 0.25) is 0 Å². The Morgan fingerprint density at radius 1 is 0.864 bits per heavy atom. The molecule has 0 N–H and O–H groups in total. The minimum atomic E-state index is -2.74. The SMILES string of the molecule is C#CC(CC(C(C)C(C#C)S(=O)[O-])C(C#C)S(=O)[O-])S(=O)[O-]. The van der Waals surface area contributed by atoms with Crippen LogP contribution in [0.3, 0.4) is 0 Å². The van der Waals surface area contributed by atoms with Crippen LogP contribution in [0.2, 0.25) is 0 Å². The molecule has 0 saturated carbocycles. The van der Waals surface area contributed by atoms with Gasteiger partial charge < -0.3 is 13.7 Å². The highest BCUT2D eigenvalue weighted by atomic mass is 32.2. The fraction of sp³-hybridized carbons (Fsp3) is 0.538. The average Bonchev–Trinajstić information content (AvgIpc) is 2.42. The highest BCUT2D eigenvalue weighted by molar-refractivity contribution is 7.80. The zero-order valence-electron chi connectivity index (χ0n) is 11.5. The van der Waals surface area contributed by atoms with E-state index >= 15 is 0 Å². The number of terminal acetylenes is 3. The smallest absolute Gasteiger partial charge is 0.0853 e. The number of rotatable bonds is 8. The second kappa shape index (κ2) is 9.91. The van der Waals surface area contributed by atoms with Gasteiger partial charge in [-0.3, -0.25) is 12.6 Å². The second-order valence-electron chi connectivity index (χ2n) is 4.37. The van der Waals surface area contributed by atoms with Gasteiger partial charge >= 0.3 is 0 Å². The summed E-state index contributed by atoms with van der Waals surface area (Å²) in [5.41, 5.74) is 0. The van der Waals surface area contributed by atoms with Crippen molar-refractivity contribution >= 4 is 33.2 Å². The van der Waals surface area contributed by atoms with Crippen molar-refractivity contribution in [3.05, 3.63) is 0 Å². The lowest BCUT2D eigenvalue weighted by molar-refractivity contribution is 0.341. The predicted octanol–water partition coefficient (Wildman–Crippen LogP) is -0.728. The van der Waals surface area contributed by atoms with Crippen LogP contribution >= 0.6 is 0 Å². The van der Waals surface area contributed by atoms with Crippen molar-refractivity contribution in [2.24, 2.45) is 11.8 Å². The lowest BCUT2D eigenvalue weighted by atomic mass is 9.84. The third kappa shape index (κ3) is 5.66. The summed E-state index contributed by atoms with van der Waals surface area (Å²) in [7, 11) is 0. The standard InChI is InChI=1S/C13H16O6S3/c1-5-10(20(14)15)8-11(13(7-3)22(18)19)9(4)12(6-2)21(16)17/h1-3,9-13H,8H2,4H3,(H,14,15)(H,16,17)(H,18,19)/p-3. The summed E-state index contributed by atoms with van der Waals surface area (Å²) in [6, 6.07) is 0. The molecule has 0 fully saturated rings. The molecule has 8 atom stereocenters. The van der Waals surface area contributed by atoms with E-state index in [-0.39, 0.29) is 6.42 Å². The van der Waals surface area contributed by atoms with Crippen LogP contribution in [-0.2, 0) is 33.2 Å². The van der Waals surface area contributed by atoms with Crippen LogP contribution in [0.4, 0.5) is 0 Å². The predicted molar refractivity (Wildman–Crippen MR) is 81.9 cm³/mol. The van der Waals surface area contributed by atoms with Crippen LogP contribution in [0.5, 0.6) is 0 Å². The van der Waals surface area contributed by atoms with Crippen LogP contribution in [0.1, 0.15) is 13.3 Å². The van der Waals surface area contributed by atoms with Crippen LogP contribution in [-0.4, -0.2) is 42.0 Å². The largest absolute Gasteiger partial charge is 0.771 e. The molecule has 0 amide bonds. The molecule has 0 aromatic rings. The van der Waals surface area contributed by atoms with Gasteiger partial charge in [0.05, 0.1) is 15.7 Å². The van der Waals surface area contributed by atoms with E-state index in [1.807, 2.05) is 17.8 Å². The number of hydrogen-bond acceptors (Lipinski definition) is 6. The van der Waals surface area contributed by atoms with Crippen molar-refractivity contribution in [3.63, 3.8) is 0 Å².